The van der Waals surface area contributed by atoms with Crippen molar-refractivity contribution in [3.05, 3.63) is 78.4 Å². The van der Waals surface area contributed by atoms with E-state index in [0.29, 0.717) is 41.2 Å². The van der Waals surface area contributed by atoms with Gasteiger partial charge in [-0.3, -0.25) is 14.4 Å². The minimum Gasteiger partial charge on any atom is -0.457 e. The number of rotatable bonds is 11. The molecule has 1 aliphatic heterocycles. The maximum Gasteiger partial charge on any atom is 0.290 e. The van der Waals surface area contributed by atoms with Crippen molar-refractivity contribution in [2.45, 2.75) is 31.8 Å². The van der Waals surface area contributed by atoms with Crippen molar-refractivity contribution >= 4 is 34.4 Å². The molecule has 43 heavy (non-hydrogen) atoms. The molecule has 3 amide bonds. The van der Waals surface area contributed by atoms with Crippen LogP contribution in [0.2, 0.25) is 0 Å². The van der Waals surface area contributed by atoms with E-state index in [9.17, 15) is 19.6 Å². The molecule has 2 aromatic heterocycles. The van der Waals surface area contributed by atoms with Gasteiger partial charge in [-0.15, -0.1) is 0 Å². The average Bonchev–Trinajstić information content (AvgIpc) is 3.33. The van der Waals surface area contributed by atoms with Crippen LogP contribution < -0.4 is 20.7 Å². The third-order valence-electron chi connectivity index (χ3n) is 7.23. The Bertz CT molecular complexity index is 1660. The summed E-state index contributed by atoms with van der Waals surface area (Å²) >= 11 is 0. The van der Waals surface area contributed by atoms with Crippen LogP contribution in [0.1, 0.15) is 35.6 Å². The number of nitriles is 1. The summed E-state index contributed by atoms with van der Waals surface area (Å²) in [6.07, 6.45) is 3.52. The van der Waals surface area contributed by atoms with E-state index in [4.69, 9.17) is 10.5 Å². The Labute approximate surface area is 248 Å². The minimum absolute atomic E-state index is 0.0561. The lowest BCUT2D eigenvalue weighted by atomic mass is 10.1. The van der Waals surface area contributed by atoms with Crippen LogP contribution in [0.15, 0.2) is 66.9 Å². The molecule has 12 heteroatoms. The highest BCUT2D eigenvalue weighted by atomic mass is 16.5. The number of ether oxygens (including phenoxy) is 1. The number of hydrogen-bond acceptors (Lipinski definition) is 8. The molecule has 1 atom stereocenters. The maximum atomic E-state index is 13.1. The average molecular weight is 581 g/mol. The lowest BCUT2D eigenvalue weighted by Gasteiger charge is -2.34. The second kappa shape index (κ2) is 13.1. The van der Waals surface area contributed by atoms with Crippen LogP contribution in [0.25, 0.3) is 11.0 Å². The van der Waals surface area contributed by atoms with Crippen LogP contribution in [-0.4, -0.2) is 62.8 Å². The summed E-state index contributed by atoms with van der Waals surface area (Å²) in [5.74, 6) is 0.333. The molecule has 2 aromatic carbocycles. The molecule has 1 aliphatic rings. The van der Waals surface area contributed by atoms with Crippen molar-refractivity contribution in [2.75, 3.05) is 24.5 Å². The number of para-hydroxylation sites is 1. The molecule has 0 unspecified atom stereocenters. The Kier molecular flexibility index (Phi) is 8.93. The summed E-state index contributed by atoms with van der Waals surface area (Å²) in [7, 11) is 1.78. The summed E-state index contributed by atoms with van der Waals surface area (Å²) in [6, 6.07) is 19.7. The van der Waals surface area contributed by atoms with Crippen LogP contribution in [-0.2, 0) is 23.2 Å². The third-order valence-corrected chi connectivity index (χ3v) is 7.23. The molecule has 5 rings (SSSR count). The molecule has 0 spiro atoms. The first kappa shape index (κ1) is 29.2. The first-order valence-corrected chi connectivity index (χ1v) is 14.0. The zero-order valence-corrected chi connectivity index (χ0v) is 23.8. The van der Waals surface area contributed by atoms with Crippen molar-refractivity contribution in [3.63, 3.8) is 0 Å². The molecular formula is C31H32N8O4. The Morgan fingerprint density at radius 1 is 1.07 bits per heavy atom. The van der Waals surface area contributed by atoms with E-state index in [1.807, 2.05) is 36.4 Å². The molecule has 0 saturated carbocycles. The van der Waals surface area contributed by atoms with E-state index < -0.39 is 11.9 Å². The topological polar surface area (TPSA) is 159 Å². The molecule has 1 saturated heterocycles. The monoisotopic (exact) mass is 580 g/mol. The Morgan fingerprint density at radius 3 is 2.53 bits per heavy atom. The first-order chi connectivity index (χ1) is 20.9. The van der Waals surface area contributed by atoms with Gasteiger partial charge >= 0.3 is 0 Å². The zero-order valence-electron chi connectivity index (χ0n) is 23.8. The summed E-state index contributed by atoms with van der Waals surface area (Å²) in [4.78, 5) is 50.5. The molecule has 3 heterocycles. The minimum atomic E-state index is -0.662. The van der Waals surface area contributed by atoms with E-state index in [1.54, 1.807) is 35.9 Å². The summed E-state index contributed by atoms with van der Waals surface area (Å²) < 4.78 is 7.59. The Balaban J connectivity index is 1.23. The largest absolute Gasteiger partial charge is 0.457 e. The predicted octanol–water partition coefficient (Wildman–Crippen LogP) is 2.89. The van der Waals surface area contributed by atoms with Gasteiger partial charge in [0.1, 0.15) is 36.3 Å². The Morgan fingerprint density at radius 2 is 1.81 bits per heavy atom. The van der Waals surface area contributed by atoms with Gasteiger partial charge in [-0.25, -0.2) is 9.97 Å². The lowest BCUT2D eigenvalue weighted by Crippen LogP contribution is -2.53. The molecule has 1 fully saturated rings. The standard InChI is InChI=1S/C31H32N8O4/c1-37-24(15-21-17-34-29(36-30(21)37)31(42)35-22(16-33)7-5-6-14-32)18-38-19-28(41)39(20-27(38)40)23-10-12-26(13-11-23)43-25-8-3-2-4-9-25/h2-4,8-13,15,17,22H,5-7,14,18-20,32H2,1H3,(H,35,42)/t22-/m0/s1. The summed E-state index contributed by atoms with van der Waals surface area (Å²) in [6.45, 7) is 0.545. The quantitative estimate of drug-likeness (QED) is 0.256. The van der Waals surface area contributed by atoms with Crippen molar-refractivity contribution in [3.8, 4) is 17.6 Å². The highest BCUT2D eigenvalue weighted by molar-refractivity contribution is 6.04. The molecule has 4 aromatic rings. The maximum absolute atomic E-state index is 13.1. The fourth-order valence-electron chi connectivity index (χ4n) is 4.86. The van der Waals surface area contributed by atoms with E-state index >= 15 is 0 Å². The summed E-state index contributed by atoms with van der Waals surface area (Å²) in [5, 5.41) is 12.7. The third kappa shape index (κ3) is 6.79. The van der Waals surface area contributed by atoms with E-state index in [1.165, 1.54) is 16.0 Å². The highest BCUT2D eigenvalue weighted by Gasteiger charge is 2.31. The van der Waals surface area contributed by atoms with Crippen LogP contribution in [0, 0.1) is 11.3 Å². The Hall–Kier alpha value is -5.28. The number of hydrogen-bond donors (Lipinski definition) is 2. The molecule has 0 aliphatic carbocycles. The van der Waals surface area contributed by atoms with Crippen LogP contribution >= 0.6 is 0 Å². The number of nitrogens with zero attached hydrogens (tertiary/aromatic N) is 6. The number of fused-ring (bicyclic) bond motifs is 1. The van der Waals surface area contributed by atoms with Gasteiger partial charge in [-0.2, -0.15) is 5.26 Å². The summed E-state index contributed by atoms with van der Waals surface area (Å²) in [5.41, 5.74) is 7.36. The fourth-order valence-corrected chi connectivity index (χ4v) is 4.86. The number of nitrogens with two attached hydrogens (primary N) is 1. The first-order valence-electron chi connectivity index (χ1n) is 14.0. The van der Waals surface area contributed by atoms with Crippen molar-refractivity contribution < 1.29 is 19.1 Å². The fraction of sp³-hybridized carbons (Fsp3) is 0.290. The van der Waals surface area contributed by atoms with Gasteiger partial charge in [0.15, 0.2) is 0 Å². The van der Waals surface area contributed by atoms with Crippen molar-refractivity contribution in [1.29, 1.82) is 5.26 Å². The van der Waals surface area contributed by atoms with Crippen LogP contribution in [0.4, 0.5) is 5.69 Å². The van der Waals surface area contributed by atoms with Gasteiger partial charge in [-0.1, -0.05) is 18.2 Å². The normalized spacial score (nSPS) is 14.1. The smallest absolute Gasteiger partial charge is 0.290 e. The number of carbonyl (C=O) groups is 3. The van der Waals surface area contributed by atoms with Gasteiger partial charge < -0.3 is 30.2 Å². The van der Waals surface area contributed by atoms with Gasteiger partial charge in [-0.05, 0) is 68.3 Å². The SMILES string of the molecule is Cn1c(CN2CC(=O)N(c3ccc(Oc4ccccc4)cc3)CC2=O)cc2cnc(C(=O)N[C@H](C#N)CCCCN)nc21. The van der Waals surface area contributed by atoms with Gasteiger partial charge in [0.2, 0.25) is 17.6 Å². The molecule has 0 bridgehead atoms. The van der Waals surface area contributed by atoms with Crippen molar-refractivity contribution in [2.24, 2.45) is 12.8 Å². The molecule has 12 nitrogen and oxygen atoms in total. The number of unbranched alkanes of at least 4 members (excludes halogenated alkanes) is 1. The van der Waals surface area contributed by atoms with Gasteiger partial charge in [0.05, 0.1) is 12.6 Å². The van der Waals surface area contributed by atoms with E-state index in [0.717, 1.165) is 18.5 Å². The van der Waals surface area contributed by atoms with Crippen LogP contribution in [0.3, 0.4) is 0 Å². The second-order valence-electron chi connectivity index (χ2n) is 10.2. The number of anilines is 1. The number of carbonyl (C=O) groups excluding carboxylic acids is 3. The zero-order chi connectivity index (χ0) is 30.3. The molecule has 3 N–H and O–H groups in total. The number of aryl methyl sites for hydroxylation is 1. The van der Waals surface area contributed by atoms with E-state index in [-0.39, 0.29) is 37.3 Å². The molecule has 220 valence electrons. The number of piperazine rings is 1. The van der Waals surface area contributed by atoms with E-state index in [2.05, 4.69) is 21.4 Å². The highest BCUT2D eigenvalue weighted by Crippen LogP contribution is 2.26. The van der Waals surface area contributed by atoms with Crippen molar-refractivity contribution in [1.82, 2.24) is 24.8 Å². The lowest BCUT2D eigenvalue weighted by molar-refractivity contribution is -0.139. The number of benzene rings is 2. The van der Waals surface area contributed by atoms with Gasteiger partial charge in [0.25, 0.3) is 5.91 Å². The van der Waals surface area contributed by atoms with Crippen LogP contribution in [0.5, 0.6) is 11.5 Å². The predicted molar refractivity (Wildman–Crippen MR) is 159 cm³/mol. The number of aromatic nitrogens is 3. The second-order valence-corrected chi connectivity index (χ2v) is 10.2. The molecule has 0 radical (unpaired) electrons. The number of nitrogens with one attached hydrogen (secondary N) is 1. The molecular weight excluding hydrogens is 548 g/mol. The number of amides is 3. The van der Waals surface area contributed by atoms with Gasteiger partial charge in [0, 0.05) is 30.0 Å².